The molecule has 1 N–H and O–H groups in total. The van der Waals surface area contributed by atoms with Crippen molar-refractivity contribution in [2.75, 3.05) is 26.8 Å². The first kappa shape index (κ1) is 16.6. The number of thiophene rings is 1. The predicted octanol–water partition coefficient (Wildman–Crippen LogP) is 1.30. The minimum atomic E-state index is -3.74. The number of carbonyl (C=O) groups excluding carboxylic acids is 1. The van der Waals surface area contributed by atoms with Gasteiger partial charge in [-0.3, -0.25) is 0 Å². The number of esters is 1. The molecule has 6 nitrogen and oxygen atoms in total. The summed E-state index contributed by atoms with van der Waals surface area (Å²) in [6, 6.07) is 1.27. The van der Waals surface area contributed by atoms with Crippen LogP contribution in [0.2, 0.25) is 0 Å². The molecule has 1 heterocycles. The van der Waals surface area contributed by atoms with E-state index in [0.29, 0.717) is 3.79 Å². The Morgan fingerprint density at radius 3 is 2.68 bits per heavy atom. The normalized spacial score (nSPS) is 11.8. The van der Waals surface area contributed by atoms with Crippen molar-refractivity contribution >= 4 is 43.3 Å². The summed E-state index contributed by atoms with van der Waals surface area (Å²) < 4.78 is 30.7. The van der Waals surface area contributed by atoms with E-state index in [1.807, 2.05) is 0 Å². The lowest BCUT2D eigenvalue weighted by Gasteiger charge is -2.18. The van der Waals surface area contributed by atoms with Gasteiger partial charge in [0.2, 0.25) is 10.0 Å². The molecular formula is C10H14BrNO5S2. The lowest BCUT2D eigenvalue weighted by Crippen LogP contribution is -2.33. The van der Waals surface area contributed by atoms with Crippen LogP contribution in [0.3, 0.4) is 0 Å². The van der Waals surface area contributed by atoms with E-state index in [1.165, 1.54) is 13.2 Å². The number of hydrogen-bond donors (Lipinski definition) is 1. The summed E-state index contributed by atoms with van der Waals surface area (Å²) in [7, 11) is -2.51. The summed E-state index contributed by atoms with van der Waals surface area (Å²) in [6.45, 7) is 1.65. The zero-order chi connectivity index (χ0) is 14.6. The predicted molar refractivity (Wildman–Crippen MR) is 74.9 cm³/mol. The van der Waals surface area contributed by atoms with Gasteiger partial charge in [-0.25, -0.2) is 13.2 Å². The maximum atomic E-state index is 12.3. The molecule has 0 bridgehead atoms. The molecule has 0 aliphatic heterocycles. The average Bonchev–Trinajstić information content (AvgIpc) is 2.77. The number of halogens is 1. The molecule has 9 heteroatoms. The van der Waals surface area contributed by atoms with Crippen molar-refractivity contribution in [1.29, 1.82) is 0 Å². The number of ether oxygens (including phenoxy) is 1. The molecule has 0 unspecified atom stereocenters. The lowest BCUT2D eigenvalue weighted by atomic mass is 10.5. The van der Waals surface area contributed by atoms with Gasteiger partial charge in [0, 0.05) is 13.1 Å². The average molecular weight is 372 g/mol. The van der Waals surface area contributed by atoms with Gasteiger partial charge in [0.1, 0.15) is 9.77 Å². The van der Waals surface area contributed by atoms with Gasteiger partial charge in [0.05, 0.1) is 17.5 Å². The van der Waals surface area contributed by atoms with E-state index in [-0.39, 0.29) is 29.5 Å². The van der Waals surface area contributed by atoms with Crippen LogP contribution in [-0.4, -0.2) is 50.6 Å². The number of carbonyl (C=O) groups is 1. The molecule has 0 atom stereocenters. The van der Waals surface area contributed by atoms with E-state index < -0.39 is 16.0 Å². The molecule has 0 aliphatic carbocycles. The third-order valence-corrected chi connectivity index (χ3v) is 6.57. The molecule has 0 saturated carbocycles. The topological polar surface area (TPSA) is 83.9 Å². The van der Waals surface area contributed by atoms with Crippen molar-refractivity contribution < 1.29 is 23.1 Å². The molecule has 1 aromatic rings. The van der Waals surface area contributed by atoms with E-state index in [0.717, 1.165) is 15.6 Å². The molecular weight excluding hydrogens is 358 g/mol. The number of aliphatic hydroxyl groups is 1. The second-order valence-electron chi connectivity index (χ2n) is 3.46. The van der Waals surface area contributed by atoms with Crippen LogP contribution in [0.1, 0.15) is 16.6 Å². The fourth-order valence-corrected chi connectivity index (χ4v) is 5.30. The molecule has 0 spiro atoms. The number of nitrogens with zero attached hydrogens (tertiary/aromatic N) is 1. The SMILES string of the molecule is CCN(CCO)S(=O)(=O)c1cc(C(=O)OC)sc1Br. The van der Waals surface area contributed by atoms with Crippen molar-refractivity contribution in [2.24, 2.45) is 0 Å². The fourth-order valence-electron chi connectivity index (χ4n) is 1.43. The second-order valence-corrected chi connectivity index (χ2v) is 7.74. The summed E-state index contributed by atoms with van der Waals surface area (Å²) in [5.74, 6) is -0.586. The largest absolute Gasteiger partial charge is 0.465 e. The number of aliphatic hydroxyl groups excluding tert-OH is 1. The Morgan fingerprint density at radius 1 is 1.58 bits per heavy atom. The van der Waals surface area contributed by atoms with E-state index >= 15 is 0 Å². The molecule has 0 aromatic carbocycles. The fraction of sp³-hybridized carbons (Fsp3) is 0.500. The van der Waals surface area contributed by atoms with Crippen molar-refractivity contribution in [2.45, 2.75) is 11.8 Å². The van der Waals surface area contributed by atoms with E-state index in [9.17, 15) is 13.2 Å². The highest BCUT2D eigenvalue weighted by molar-refractivity contribution is 9.11. The van der Waals surface area contributed by atoms with Crippen LogP contribution in [0.4, 0.5) is 0 Å². The molecule has 0 fully saturated rings. The van der Waals surface area contributed by atoms with Crippen LogP contribution < -0.4 is 0 Å². The van der Waals surface area contributed by atoms with Crippen molar-refractivity contribution in [3.8, 4) is 0 Å². The minimum absolute atomic E-state index is 0.00759. The zero-order valence-electron chi connectivity index (χ0n) is 10.4. The molecule has 1 aromatic heterocycles. The van der Waals surface area contributed by atoms with Gasteiger partial charge >= 0.3 is 5.97 Å². The number of methoxy groups -OCH3 is 1. The first-order valence-electron chi connectivity index (χ1n) is 5.37. The zero-order valence-corrected chi connectivity index (χ0v) is 13.6. The third-order valence-electron chi connectivity index (χ3n) is 2.36. The first-order valence-corrected chi connectivity index (χ1v) is 8.42. The Balaban J connectivity index is 3.21. The highest BCUT2D eigenvalue weighted by Gasteiger charge is 2.28. The summed E-state index contributed by atoms with van der Waals surface area (Å²) >= 11 is 4.14. The Bertz CT molecular complexity index is 554. The lowest BCUT2D eigenvalue weighted by molar-refractivity contribution is 0.0606. The van der Waals surface area contributed by atoms with Crippen molar-refractivity contribution in [3.05, 3.63) is 14.7 Å². The van der Waals surface area contributed by atoms with Gasteiger partial charge in [-0.15, -0.1) is 11.3 Å². The first-order chi connectivity index (χ1) is 8.88. The van der Waals surface area contributed by atoms with Crippen LogP contribution in [-0.2, 0) is 14.8 Å². The van der Waals surface area contributed by atoms with Gasteiger partial charge < -0.3 is 9.84 Å². The Kier molecular flexibility index (Phi) is 5.93. The number of likely N-dealkylation sites (N-methyl/N-ethyl adjacent to an activating group) is 1. The molecule has 19 heavy (non-hydrogen) atoms. The molecule has 0 amide bonds. The quantitative estimate of drug-likeness (QED) is 0.761. The molecule has 1 rings (SSSR count). The standard InChI is InChI=1S/C10H14BrNO5S2/c1-3-12(4-5-13)19(15,16)8-6-7(10(14)17-2)18-9(8)11/h6,13H,3-5H2,1-2H3. The van der Waals surface area contributed by atoms with Crippen molar-refractivity contribution in [1.82, 2.24) is 4.31 Å². The maximum absolute atomic E-state index is 12.3. The highest BCUT2D eigenvalue weighted by atomic mass is 79.9. The van der Waals surface area contributed by atoms with Gasteiger partial charge in [0.25, 0.3) is 0 Å². The summed E-state index contributed by atoms with van der Waals surface area (Å²) in [5.41, 5.74) is 0. The van der Waals surface area contributed by atoms with Crippen LogP contribution in [0, 0.1) is 0 Å². The van der Waals surface area contributed by atoms with Crippen LogP contribution >= 0.6 is 27.3 Å². The smallest absolute Gasteiger partial charge is 0.348 e. The number of sulfonamides is 1. The van der Waals surface area contributed by atoms with Crippen LogP contribution in [0.25, 0.3) is 0 Å². The maximum Gasteiger partial charge on any atom is 0.348 e. The van der Waals surface area contributed by atoms with Crippen LogP contribution in [0.5, 0.6) is 0 Å². The van der Waals surface area contributed by atoms with Gasteiger partial charge in [-0.1, -0.05) is 6.92 Å². The second kappa shape index (κ2) is 6.80. The number of rotatable bonds is 6. The summed E-state index contributed by atoms with van der Waals surface area (Å²) in [4.78, 5) is 11.6. The van der Waals surface area contributed by atoms with E-state index in [2.05, 4.69) is 20.7 Å². The summed E-state index contributed by atoms with van der Waals surface area (Å²) in [6.07, 6.45) is 0. The summed E-state index contributed by atoms with van der Waals surface area (Å²) in [5, 5.41) is 8.89. The third kappa shape index (κ3) is 3.54. The monoisotopic (exact) mass is 371 g/mol. The Hall–Kier alpha value is -0.480. The van der Waals surface area contributed by atoms with Gasteiger partial charge in [-0.05, 0) is 22.0 Å². The molecule has 0 aliphatic rings. The van der Waals surface area contributed by atoms with Gasteiger partial charge in [0.15, 0.2) is 0 Å². The molecule has 0 radical (unpaired) electrons. The highest BCUT2D eigenvalue weighted by Crippen LogP contribution is 2.33. The van der Waals surface area contributed by atoms with Crippen LogP contribution in [0.15, 0.2) is 14.7 Å². The number of hydrogen-bond acceptors (Lipinski definition) is 6. The minimum Gasteiger partial charge on any atom is -0.465 e. The Morgan fingerprint density at radius 2 is 2.21 bits per heavy atom. The van der Waals surface area contributed by atoms with Gasteiger partial charge in [-0.2, -0.15) is 4.31 Å². The van der Waals surface area contributed by atoms with Crippen molar-refractivity contribution in [3.63, 3.8) is 0 Å². The molecule has 0 saturated heterocycles. The Labute approximate surface area is 124 Å². The van der Waals surface area contributed by atoms with E-state index in [1.54, 1.807) is 6.92 Å². The van der Waals surface area contributed by atoms with E-state index in [4.69, 9.17) is 5.11 Å². The molecule has 108 valence electrons.